The highest BCUT2D eigenvalue weighted by atomic mass is 16.6. The lowest BCUT2D eigenvalue weighted by molar-refractivity contribution is -0.139. The van der Waals surface area contributed by atoms with Gasteiger partial charge in [0.1, 0.15) is 12.4 Å². The van der Waals surface area contributed by atoms with Gasteiger partial charge >= 0.3 is 12.1 Å². The van der Waals surface area contributed by atoms with Crippen LogP contribution in [0.4, 0.5) is 4.79 Å². The van der Waals surface area contributed by atoms with Crippen molar-refractivity contribution in [2.45, 2.75) is 27.4 Å². The third-order valence-electron chi connectivity index (χ3n) is 2.81. The Kier molecular flexibility index (Phi) is 7.01. The summed E-state index contributed by atoms with van der Waals surface area (Å²) in [5, 5.41) is 0. The van der Waals surface area contributed by atoms with Crippen LogP contribution < -0.4 is 0 Å². The van der Waals surface area contributed by atoms with Gasteiger partial charge in [-0.2, -0.15) is 0 Å². The Balaban J connectivity index is 2.46. The lowest BCUT2D eigenvalue weighted by Crippen LogP contribution is -2.30. The Bertz CT molecular complexity index is 492. The first-order chi connectivity index (χ1) is 10.1. The fraction of sp³-hybridized carbons (Fsp3) is 0.375. The van der Waals surface area contributed by atoms with Gasteiger partial charge in [0.15, 0.2) is 0 Å². The second-order valence-corrected chi connectivity index (χ2v) is 4.39. The van der Waals surface area contributed by atoms with Crippen molar-refractivity contribution in [3.05, 3.63) is 47.7 Å². The Hall–Kier alpha value is -2.30. The zero-order valence-electron chi connectivity index (χ0n) is 12.7. The summed E-state index contributed by atoms with van der Waals surface area (Å²) in [6.45, 7) is 6.57. The first-order valence-electron chi connectivity index (χ1n) is 6.92. The molecule has 0 radical (unpaired) electrons. The molecule has 0 heterocycles. The number of carbonyl (C=O) groups excluding carboxylic acids is 2. The molecule has 5 nitrogen and oxygen atoms in total. The lowest BCUT2D eigenvalue weighted by atomic mass is 10.2. The monoisotopic (exact) mass is 291 g/mol. The molecule has 0 aromatic heterocycles. The van der Waals surface area contributed by atoms with Crippen molar-refractivity contribution in [1.82, 2.24) is 4.90 Å². The SMILES string of the molecule is CCN(CC)C(=O)O/C(C)=C\C(=O)OCc1ccccc1. The van der Waals surface area contributed by atoms with Gasteiger partial charge in [0.2, 0.25) is 0 Å². The van der Waals surface area contributed by atoms with Crippen LogP contribution in [0.5, 0.6) is 0 Å². The first-order valence-corrected chi connectivity index (χ1v) is 6.92. The minimum Gasteiger partial charge on any atom is -0.458 e. The van der Waals surface area contributed by atoms with Crippen LogP contribution in [0.25, 0.3) is 0 Å². The maximum absolute atomic E-state index is 11.7. The first kappa shape index (κ1) is 16.8. The Morgan fingerprint density at radius 2 is 1.76 bits per heavy atom. The molecule has 0 aliphatic heterocycles. The predicted molar refractivity (Wildman–Crippen MR) is 79.4 cm³/mol. The smallest absolute Gasteiger partial charge is 0.414 e. The summed E-state index contributed by atoms with van der Waals surface area (Å²) in [5.41, 5.74) is 0.900. The van der Waals surface area contributed by atoms with Crippen molar-refractivity contribution in [3.8, 4) is 0 Å². The number of rotatable bonds is 6. The molecule has 0 spiro atoms. The normalized spacial score (nSPS) is 10.9. The third-order valence-corrected chi connectivity index (χ3v) is 2.81. The van der Waals surface area contributed by atoms with E-state index in [0.29, 0.717) is 13.1 Å². The maximum Gasteiger partial charge on any atom is 0.414 e. The van der Waals surface area contributed by atoms with Crippen molar-refractivity contribution in [2.24, 2.45) is 0 Å². The van der Waals surface area contributed by atoms with E-state index >= 15 is 0 Å². The van der Waals surface area contributed by atoms with Crippen molar-refractivity contribution in [3.63, 3.8) is 0 Å². The van der Waals surface area contributed by atoms with Crippen molar-refractivity contribution in [2.75, 3.05) is 13.1 Å². The lowest BCUT2D eigenvalue weighted by Gasteiger charge is -2.17. The van der Waals surface area contributed by atoms with Crippen LogP contribution in [0, 0.1) is 0 Å². The van der Waals surface area contributed by atoms with Gasteiger partial charge in [0.05, 0.1) is 6.08 Å². The highest BCUT2D eigenvalue weighted by molar-refractivity contribution is 5.83. The number of allylic oxidation sites excluding steroid dienone is 1. The number of hydrogen-bond acceptors (Lipinski definition) is 4. The molecule has 1 aromatic carbocycles. The summed E-state index contributed by atoms with van der Waals surface area (Å²) in [6.07, 6.45) is 0.703. The van der Waals surface area contributed by atoms with Crippen molar-refractivity contribution < 1.29 is 19.1 Å². The molecule has 1 aromatic rings. The van der Waals surface area contributed by atoms with E-state index in [9.17, 15) is 9.59 Å². The summed E-state index contributed by atoms with van der Waals surface area (Å²) in [6, 6.07) is 9.36. The molecule has 0 saturated carbocycles. The molecule has 0 N–H and O–H groups in total. The number of benzene rings is 1. The Morgan fingerprint density at radius 3 is 2.33 bits per heavy atom. The van der Waals surface area contributed by atoms with E-state index in [0.717, 1.165) is 5.56 Å². The molecule has 0 aliphatic rings. The van der Waals surface area contributed by atoms with Crippen LogP contribution >= 0.6 is 0 Å². The molecule has 21 heavy (non-hydrogen) atoms. The van der Waals surface area contributed by atoms with Gasteiger partial charge in [-0.1, -0.05) is 30.3 Å². The average molecular weight is 291 g/mol. The molecule has 0 aliphatic carbocycles. The highest BCUT2D eigenvalue weighted by Gasteiger charge is 2.12. The summed E-state index contributed by atoms with van der Waals surface area (Å²) in [4.78, 5) is 24.8. The van der Waals surface area contributed by atoms with Gasteiger partial charge in [-0.15, -0.1) is 0 Å². The largest absolute Gasteiger partial charge is 0.458 e. The summed E-state index contributed by atoms with van der Waals surface area (Å²) < 4.78 is 10.1. The predicted octanol–water partition coefficient (Wildman–Crippen LogP) is 3.11. The fourth-order valence-electron chi connectivity index (χ4n) is 1.65. The molecule has 0 unspecified atom stereocenters. The number of ether oxygens (including phenoxy) is 2. The van der Waals surface area contributed by atoms with E-state index in [1.807, 2.05) is 44.2 Å². The van der Waals surface area contributed by atoms with Gasteiger partial charge in [-0.05, 0) is 26.3 Å². The van der Waals surface area contributed by atoms with Crippen molar-refractivity contribution >= 4 is 12.1 Å². The molecule has 0 saturated heterocycles. The number of amides is 1. The van der Waals surface area contributed by atoms with Crippen LogP contribution in [0.2, 0.25) is 0 Å². The van der Waals surface area contributed by atoms with E-state index in [1.54, 1.807) is 6.92 Å². The Morgan fingerprint density at radius 1 is 1.14 bits per heavy atom. The van der Waals surface area contributed by atoms with Crippen LogP contribution in [0.15, 0.2) is 42.2 Å². The standard InChI is InChI=1S/C16H21NO4/c1-4-17(5-2)16(19)21-13(3)11-15(18)20-12-14-9-7-6-8-10-14/h6-11H,4-5,12H2,1-3H3/b13-11-. The molecule has 114 valence electrons. The molecular weight excluding hydrogens is 270 g/mol. The quantitative estimate of drug-likeness (QED) is 0.459. The van der Waals surface area contributed by atoms with E-state index in [1.165, 1.54) is 11.0 Å². The van der Waals surface area contributed by atoms with Crippen LogP contribution in [0.1, 0.15) is 26.3 Å². The van der Waals surface area contributed by atoms with Crippen LogP contribution in [-0.2, 0) is 20.9 Å². The number of hydrogen-bond donors (Lipinski definition) is 0. The fourth-order valence-corrected chi connectivity index (χ4v) is 1.65. The van der Waals surface area contributed by atoms with E-state index < -0.39 is 12.1 Å². The van der Waals surface area contributed by atoms with Gasteiger partial charge < -0.3 is 14.4 Å². The minimum absolute atomic E-state index is 0.188. The topological polar surface area (TPSA) is 55.8 Å². The van der Waals surface area contributed by atoms with Crippen molar-refractivity contribution in [1.29, 1.82) is 0 Å². The van der Waals surface area contributed by atoms with E-state index in [4.69, 9.17) is 9.47 Å². The second-order valence-electron chi connectivity index (χ2n) is 4.39. The molecule has 5 heteroatoms. The summed E-state index contributed by atoms with van der Waals surface area (Å²) in [7, 11) is 0. The second kappa shape index (κ2) is 8.79. The average Bonchev–Trinajstić information content (AvgIpc) is 2.47. The van der Waals surface area contributed by atoms with Gasteiger partial charge in [0.25, 0.3) is 0 Å². The molecule has 0 atom stereocenters. The summed E-state index contributed by atoms with van der Waals surface area (Å²) in [5.74, 6) is -0.325. The zero-order chi connectivity index (χ0) is 15.7. The summed E-state index contributed by atoms with van der Waals surface area (Å²) >= 11 is 0. The molecule has 0 bridgehead atoms. The van der Waals surface area contributed by atoms with Gasteiger partial charge in [-0.3, -0.25) is 0 Å². The van der Waals surface area contributed by atoms with E-state index in [2.05, 4.69) is 0 Å². The van der Waals surface area contributed by atoms with Gasteiger partial charge in [0, 0.05) is 13.1 Å². The molecule has 1 rings (SSSR count). The Labute approximate surface area is 125 Å². The van der Waals surface area contributed by atoms with E-state index in [-0.39, 0.29) is 12.4 Å². The van der Waals surface area contributed by atoms with Gasteiger partial charge in [-0.25, -0.2) is 9.59 Å². The van der Waals surface area contributed by atoms with Crippen LogP contribution in [-0.4, -0.2) is 30.1 Å². The zero-order valence-corrected chi connectivity index (χ0v) is 12.7. The highest BCUT2D eigenvalue weighted by Crippen LogP contribution is 2.04. The molecule has 1 amide bonds. The minimum atomic E-state index is -0.538. The number of carbonyl (C=O) groups is 2. The van der Waals surface area contributed by atoms with Crippen LogP contribution in [0.3, 0.4) is 0 Å². The maximum atomic E-state index is 11.7. The molecular formula is C16H21NO4. The number of nitrogens with zero attached hydrogens (tertiary/aromatic N) is 1. The third kappa shape index (κ3) is 6.12. The molecule has 0 fully saturated rings. The number of esters is 1.